The summed E-state index contributed by atoms with van der Waals surface area (Å²) in [5.74, 6) is 0. The fraction of sp³-hybridized carbons (Fsp3) is 0.250. The Morgan fingerprint density at radius 2 is 1.61 bits per heavy atom. The van der Waals surface area contributed by atoms with Crippen molar-refractivity contribution in [2.45, 2.75) is 26.7 Å². The number of nitrogen functional groups attached to an aromatic ring is 2. The van der Waals surface area contributed by atoms with Gasteiger partial charge >= 0.3 is 0 Å². The van der Waals surface area contributed by atoms with Crippen LogP contribution >= 0.6 is 0 Å². The molecule has 2 heteroatoms. The lowest BCUT2D eigenvalue weighted by Crippen LogP contribution is -1.99. The van der Waals surface area contributed by atoms with Gasteiger partial charge in [0.1, 0.15) is 0 Å². The van der Waals surface area contributed by atoms with Crippen LogP contribution in [0.25, 0.3) is 0 Å². The van der Waals surface area contributed by atoms with Gasteiger partial charge in [-0.2, -0.15) is 0 Å². The fourth-order valence-corrected chi connectivity index (χ4v) is 2.18. The summed E-state index contributed by atoms with van der Waals surface area (Å²) in [6.07, 6.45) is 1.94. The molecular formula is C16H20N2. The van der Waals surface area contributed by atoms with Crippen LogP contribution in [-0.2, 0) is 12.8 Å². The van der Waals surface area contributed by atoms with Gasteiger partial charge in [0.2, 0.25) is 0 Å². The molecule has 18 heavy (non-hydrogen) atoms. The predicted octanol–water partition coefficient (Wildman–Crippen LogP) is 3.31. The topological polar surface area (TPSA) is 52.0 Å². The van der Waals surface area contributed by atoms with Crippen molar-refractivity contribution in [3.63, 3.8) is 0 Å². The highest BCUT2D eigenvalue weighted by Crippen LogP contribution is 2.22. The van der Waals surface area contributed by atoms with E-state index < -0.39 is 0 Å². The second-order valence-electron chi connectivity index (χ2n) is 4.75. The maximum absolute atomic E-state index is 5.96. The fourth-order valence-electron chi connectivity index (χ4n) is 2.18. The van der Waals surface area contributed by atoms with Gasteiger partial charge in [-0.3, -0.25) is 0 Å². The lowest BCUT2D eigenvalue weighted by Gasteiger charge is -2.12. The molecule has 0 amide bonds. The molecule has 0 radical (unpaired) electrons. The molecule has 0 aliphatic carbocycles. The van der Waals surface area contributed by atoms with Gasteiger partial charge in [0.15, 0.2) is 0 Å². The Morgan fingerprint density at radius 1 is 0.944 bits per heavy atom. The molecule has 0 fully saturated rings. The highest BCUT2D eigenvalue weighted by Gasteiger charge is 2.05. The zero-order valence-corrected chi connectivity index (χ0v) is 11.0. The Labute approximate surface area is 109 Å². The summed E-state index contributed by atoms with van der Waals surface area (Å²) < 4.78 is 0. The maximum Gasteiger partial charge on any atom is 0.0346 e. The lowest BCUT2D eigenvalue weighted by molar-refractivity contribution is 1.06. The third-order valence-corrected chi connectivity index (χ3v) is 3.34. The molecule has 2 aromatic carbocycles. The van der Waals surface area contributed by atoms with E-state index in [0.29, 0.717) is 0 Å². The quantitative estimate of drug-likeness (QED) is 0.809. The second-order valence-corrected chi connectivity index (χ2v) is 4.75. The van der Waals surface area contributed by atoms with E-state index in [0.717, 1.165) is 29.8 Å². The molecule has 0 aliphatic rings. The molecule has 2 rings (SSSR count). The van der Waals surface area contributed by atoms with E-state index in [-0.39, 0.29) is 0 Å². The third kappa shape index (κ3) is 2.65. The van der Waals surface area contributed by atoms with E-state index in [1.807, 2.05) is 12.1 Å². The Hall–Kier alpha value is -1.96. The van der Waals surface area contributed by atoms with Crippen molar-refractivity contribution in [2.75, 3.05) is 11.5 Å². The molecule has 0 saturated heterocycles. The number of hydrogen-bond acceptors (Lipinski definition) is 2. The van der Waals surface area contributed by atoms with Crippen molar-refractivity contribution in [1.82, 2.24) is 0 Å². The minimum absolute atomic E-state index is 0.808. The molecule has 0 unspecified atom stereocenters. The van der Waals surface area contributed by atoms with Gasteiger partial charge in [-0.05, 0) is 60.2 Å². The van der Waals surface area contributed by atoms with Crippen LogP contribution in [0, 0.1) is 6.92 Å². The van der Waals surface area contributed by atoms with Crippen molar-refractivity contribution >= 4 is 11.4 Å². The zero-order chi connectivity index (χ0) is 13.1. The highest BCUT2D eigenvalue weighted by molar-refractivity contribution is 5.52. The largest absolute Gasteiger partial charge is 0.399 e. The number of nitrogens with two attached hydrogens (primary N) is 2. The van der Waals surface area contributed by atoms with Crippen LogP contribution < -0.4 is 11.5 Å². The van der Waals surface area contributed by atoms with Crippen LogP contribution in [0.2, 0.25) is 0 Å². The molecule has 0 saturated carbocycles. The van der Waals surface area contributed by atoms with Crippen LogP contribution in [0.15, 0.2) is 36.4 Å². The van der Waals surface area contributed by atoms with Gasteiger partial charge in [0.25, 0.3) is 0 Å². The minimum Gasteiger partial charge on any atom is -0.399 e. The summed E-state index contributed by atoms with van der Waals surface area (Å²) in [5.41, 5.74) is 18.5. The van der Waals surface area contributed by atoms with E-state index >= 15 is 0 Å². The first-order valence-corrected chi connectivity index (χ1v) is 6.32. The van der Waals surface area contributed by atoms with Crippen LogP contribution in [0.1, 0.15) is 29.2 Å². The second kappa shape index (κ2) is 5.13. The Bertz CT molecular complexity index is 542. The first-order valence-electron chi connectivity index (χ1n) is 6.32. The van der Waals surface area contributed by atoms with Crippen molar-refractivity contribution in [2.24, 2.45) is 0 Å². The van der Waals surface area contributed by atoms with E-state index in [1.165, 1.54) is 16.7 Å². The number of aryl methyl sites for hydroxylation is 2. The summed E-state index contributed by atoms with van der Waals surface area (Å²) in [6, 6.07) is 12.4. The average Bonchev–Trinajstić information content (AvgIpc) is 2.36. The van der Waals surface area contributed by atoms with Gasteiger partial charge in [-0.25, -0.2) is 0 Å². The van der Waals surface area contributed by atoms with Crippen molar-refractivity contribution in [1.29, 1.82) is 0 Å². The van der Waals surface area contributed by atoms with Gasteiger partial charge in [0.05, 0.1) is 0 Å². The van der Waals surface area contributed by atoms with Crippen LogP contribution in [0.3, 0.4) is 0 Å². The van der Waals surface area contributed by atoms with E-state index in [1.54, 1.807) is 0 Å². The summed E-state index contributed by atoms with van der Waals surface area (Å²) in [6.45, 7) is 4.22. The van der Waals surface area contributed by atoms with Crippen LogP contribution in [0.5, 0.6) is 0 Å². The molecule has 0 aromatic heterocycles. The monoisotopic (exact) mass is 240 g/mol. The number of rotatable bonds is 3. The predicted molar refractivity (Wildman–Crippen MR) is 78.6 cm³/mol. The highest BCUT2D eigenvalue weighted by atomic mass is 14.6. The summed E-state index contributed by atoms with van der Waals surface area (Å²) in [4.78, 5) is 0. The van der Waals surface area contributed by atoms with Crippen molar-refractivity contribution in [3.8, 4) is 0 Å². The first-order chi connectivity index (χ1) is 8.60. The summed E-state index contributed by atoms with van der Waals surface area (Å²) >= 11 is 0. The zero-order valence-electron chi connectivity index (χ0n) is 11.0. The van der Waals surface area contributed by atoms with E-state index in [9.17, 15) is 0 Å². The van der Waals surface area contributed by atoms with E-state index in [2.05, 4.69) is 38.1 Å². The lowest BCUT2D eigenvalue weighted by atomic mass is 9.95. The van der Waals surface area contributed by atoms with Crippen LogP contribution in [0.4, 0.5) is 11.4 Å². The Kier molecular flexibility index (Phi) is 3.56. The summed E-state index contributed by atoms with van der Waals surface area (Å²) in [5, 5.41) is 0. The standard InChI is InChI=1S/C16H20N2/c1-3-13-10-16(18)11(2)8-14(13)9-12-4-6-15(17)7-5-12/h4-8,10H,3,9,17-18H2,1-2H3. The van der Waals surface area contributed by atoms with Gasteiger partial charge in [-0.15, -0.1) is 0 Å². The van der Waals surface area contributed by atoms with Gasteiger partial charge < -0.3 is 11.5 Å². The summed E-state index contributed by atoms with van der Waals surface area (Å²) in [7, 11) is 0. The minimum atomic E-state index is 0.808. The molecule has 94 valence electrons. The maximum atomic E-state index is 5.96. The number of benzene rings is 2. The molecule has 0 bridgehead atoms. The normalized spacial score (nSPS) is 10.6. The molecule has 0 spiro atoms. The molecule has 2 aromatic rings. The molecule has 0 aliphatic heterocycles. The molecule has 0 heterocycles. The average molecular weight is 240 g/mol. The Balaban J connectivity index is 2.33. The van der Waals surface area contributed by atoms with Crippen molar-refractivity contribution < 1.29 is 0 Å². The number of hydrogen-bond donors (Lipinski definition) is 2. The van der Waals surface area contributed by atoms with Crippen molar-refractivity contribution in [3.05, 3.63) is 58.7 Å². The van der Waals surface area contributed by atoms with Gasteiger partial charge in [-0.1, -0.05) is 25.1 Å². The third-order valence-electron chi connectivity index (χ3n) is 3.34. The molecule has 4 N–H and O–H groups in total. The number of anilines is 2. The molecular weight excluding hydrogens is 220 g/mol. The first kappa shape index (κ1) is 12.5. The Morgan fingerprint density at radius 3 is 2.22 bits per heavy atom. The van der Waals surface area contributed by atoms with Gasteiger partial charge in [0, 0.05) is 11.4 Å². The SMILES string of the molecule is CCc1cc(N)c(C)cc1Cc1ccc(N)cc1. The smallest absolute Gasteiger partial charge is 0.0346 e. The molecule has 0 atom stereocenters. The van der Waals surface area contributed by atoms with E-state index in [4.69, 9.17) is 11.5 Å². The molecule has 2 nitrogen and oxygen atoms in total. The van der Waals surface area contributed by atoms with Crippen LogP contribution in [-0.4, -0.2) is 0 Å².